The van der Waals surface area contributed by atoms with Gasteiger partial charge in [-0.15, -0.1) is 0 Å². The molecule has 0 unspecified atom stereocenters. The van der Waals surface area contributed by atoms with Crippen LogP contribution in [0, 0.1) is 0 Å². The van der Waals surface area contributed by atoms with Crippen LogP contribution in [-0.4, -0.2) is 48.6 Å². The summed E-state index contributed by atoms with van der Waals surface area (Å²) >= 11 is 0. The van der Waals surface area contributed by atoms with Crippen LogP contribution in [0.5, 0.6) is 0 Å². The molecule has 0 atom stereocenters. The van der Waals surface area contributed by atoms with Crippen molar-refractivity contribution in [2.24, 2.45) is 0 Å². The monoisotopic (exact) mass is 312 g/mol. The van der Waals surface area contributed by atoms with Gasteiger partial charge in [0.1, 0.15) is 5.82 Å². The summed E-state index contributed by atoms with van der Waals surface area (Å²) in [5.74, 6) is 0.708. The van der Waals surface area contributed by atoms with Gasteiger partial charge in [-0.3, -0.25) is 9.69 Å². The topological polar surface area (TPSA) is 66.5 Å². The van der Waals surface area contributed by atoms with Gasteiger partial charge >= 0.3 is 0 Å². The molecule has 1 saturated heterocycles. The summed E-state index contributed by atoms with van der Waals surface area (Å²) in [5.41, 5.74) is 1.67. The number of hydrogen-bond acceptors (Lipinski definition) is 5. The molecule has 1 aliphatic rings. The number of pyridine rings is 1. The number of ether oxygens (including phenoxy) is 1. The van der Waals surface area contributed by atoms with Crippen molar-refractivity contribution in [1.82, 2.24) is 9.88 Å². The molecule has 0 saturated carbocycles. The third-order valence-electron chi connectivity index (χ3n) is 3.56. The first kappa shape index (κ1) is 15.5. The number of carbonyl (C=O) groups excluding carboxylic acids is 1. The molecule has 2 heterocycles. The van der Waals surface area contributed by atoms with Gasteiger partial charge in [0.05, 0.1) is 31.6 Å². The Morgan fingerprint density at radius 3 is 2.57 bits per heavy atom. The number of rotatable bonds is 5. The molecule has 6 nitrogen and oxygen atoms in total. The quantitative estimate of drug-likeness (QED) is 0.885. The zero-order valence-corrected chi connectivity index (χ0v) is 12.9. The zero-order chi connectivity index (χ0) is 15.9. The van der Waals surface area contributed by atoms with Crippen molar-refractivity contribution in [3.05, 3.63) is 48.7 Å². The number of nitrogens with one attached hydrogen (secondary N) is 2. The highest BCUT2D eigenvalue weighted by Gasteiger charge is 2.14. The van der Waals surface area contributed by atoms with E-state index in [1.54, 1.807) is 6.20 Å². The van der Waals surface area contributed by atoms with Crippen LogP contribution in [0.25, 0.3) is 0 Å². The maximum atomic E-state index is 12.0. The Kier molecular flexibility index (Phi) is 5.18. The second kappa shape index (κ2) is 7.71. The van der Waals surface area contributed by atoms with Crippen LogP contribution >= 0.6 is 0 Å². The van der Waals surface area contributed by atoms with Gasteiger partial charge in [0.2, 0.25) is 5.91 Å². The molecule has 0 bridgehead atoms. The highest BCUT2D eigenvalue weighted by molar-refractivity contribution is 5.92. The molecule has 6 heteroatoms. The third kappa shape index (κ3) is 4.77. The molecule has 2 aromatic rings. The van der Waals surface area contributed by atoms with Crippen LogP contribution in [0.15, 0.2) is 48.7 Å². The fraction of sp³-hybridized carbons (Fsp3) is 0.294. The van der Waals surface area contributed by atoms with E-state index in [2.05, 4.69) is 20.5 Å². The third-order valence-corrected chi connectivity index (χ3v) is 3.56. The highest BCUT2D eigenvalue weighted by Crippen LogP contribution is 2.15. The lowest BCUT2D eigenvalue weighted by Gasteiger charge is -2.25. The van der Waals surface area contributed by atoms with Gasteiger partial charge in [0, 0.05) is 18.8 Å². The van der Waals surface area contributed by atoms with E-state index >= 15 is 0 Å². The number of anilines is 3. The van der Waals surface area contributed by atoms with Gasteiger partial charge in [0.15, 0.2) is 0 Å². The molecule has 23 heavy (non-hydrogen) atoms. The van der Waals surface area contributed by atoms with Gasteiger partial charge in [-0.1, -0.05) is 18.2 Å². The summed E-state index contributed by atoms with van der Waals surface area (Å²) in [6.07, 6.45) is 1.66. The summed E-state index contributed by atoms with van der Waals surface area (Å²) in [4.78, 5) is 18.4. The van der Waals surface area contributed by atoms with Crippen molar-refractivity contribution in [2.75, 3.05) is 43.5 Å². The van der Waals surface area contributed by atoms with Crippen molar-refractivity contribution in [1.29, 1.82) is 0 Å². The van der Waals surface area contributed by atoms with E-state index in [-0.39, 0.29) is 5.91 Å². The van der Waals surface area contributed by atoms with Crippen LogP contribution < -0.4 is 10.6 Å². The highest BCUT2D eigenvalue weighted by atomic mass is 16.5. The summed E-state index contributed by atoms with van der Waals surface area (Å²) in [6.45, 7) is 3.36. The number of hydrogen-bond donors (Lipinski definition) is 2. The molecule has 1 fully saturated rings. The molecule has 1 aliphatic heterocycles. The standard InChI is InChI=1S/C17H20N4O2/c22-17(13-21-8-10-23-11-9-21)20-15-6-7-16(18-12-15)19-14-4-2-1-3-5-14/h1-7,12H,8-11,13H2,(H,18,19)(H,20,22). The maximum absolute atomic E-state index is 12.0. The number of aromatic nitrogens is 1. The van der Waals surface area contributed by atoms with E-state index in [0.717, 1.165) is 24.6 Å². The van der Waals surface area contributed by atoms with Crippen molar-refractivity contribution in [3.63, 3.8) is 0 Å². The first-order chi connectivity index (χ1) is 11.3. The van der Waals surface area contributed by atoms with Gasteiger partial charge in [-0.05, 0) is 24.3 Å². The average Bonchev–Trinajstić information content (AvgIpc) is 2.58. The van der Waals surface area contributed by atoms with E-state index in [4.69, 9.17) is 4.74 Å². The van der Waals surface area contributed by atoms with E-state index in [9.17, 15) is 4.79 Å². The zero-order valence-electron chi connectivity index (χ0n) is 12.9. The molecule has 2 N–H and O–H groups in total. The Hall–Kier alpha value is -2.44. The summed E-state index contributed by atoms with van der Waals surface area (Å²) in [6, 6.07) is 13.5. The molecule has 1 aromatic heterocycles. The Bertz CT molecular complexity index is 625. The number of nitrogens with zero attached hydrogens (tertiary/aromatic N) is 2. The molecule has 120 valence electrons. The largest absolute Gasteiger partial charge is 0.379 e. The summed E-state index contributed by atoms with van der Waals surface area (Å²) in [7, 11) is 0. The molecule has 0 spiro atoms. The minimum Gasteiger partial charge on any atom is -0.379 e. The Morgan fingerprint density at radius 1 is 1.09 bits per heavy atom. The predicted octanol–water partition coefficient (Wildman–Crippen LogP) is 2.10. The van der Waals surface area contributed by atoms with Gasteiger partial charge in [-0.25, -0.2) is 4.98 Å². The fourth-order valence-electron chi connectivity index (χ4n) is 2.37. The van der Waals surface area contributed by atoms with E-state index in [1.165, 1.54) is 0 Å². The van der Waals surface area contributed by atoms with Crippen molar-refractivity contribution >= 4 is 23.1 Å². The van der Waals surface area contributed by atoms with E-state index < -0.39 is 0 Å². The molecular formula is C17H20N4O2. The Labute approximate surface area is 135 Å². The molecule has 0 aliphatic carbocycles. The van der Waals surface area contributed by atoms with Crippen LogP contribution in [-0.2, 0) is 9.53 Å². The van der Waals surface area contributed by atoms with Crippen LogP contribution in [0.4, 0.5) is 17.2 Å². The first-order valence-electron chi connectivity index (χ1n) is 7.68. The number of para-hydroxylation sites is 1. The molecule has 3 rings (SSSR count). The number of morpholine rings is 1. The summed E-state index contributed by atoms with van der Waals surface area (Å²) in [5, 5.41) is 6.07. The maximum Gasteiger partial charge on any atom is 0.238 e. The molecule has 0 radical (unpaired) electrons. The molecule has 1 amide bonds. The van der Waals surface area contributed by atoms with Crippen LogP contribution in [0.2, 0.25) is 0 Å². The van der Waals surface area contributed by atoms with Crippen molar-refractivity contribution < 1.29 is 9.53 Å². The smallest absolute Gasteiger partial charge is 0.238 e. The van der Waals surface area contributed by atoms with E-state index in [0.29, 0.717) is 25.4 Å². The fourth-order valence-corrected chi connectivity index (χ4v) is 2.37. The summed E-state index contributed by atoms with van der Waals surface area (Å²) < 4.78 is 5.27. The normalized spacial score (nSPS) is 15.1. The minimum absolute atomic E-state index is 0.0301. The molecular weight excluding hydrogens is 292 g/mol. The predicted molar refractivity (Wildman–Crippen MR) is 89.9 cm³/mol. The first-order valence-corrected chi connectivity index (χ1v) is 7.68. The van der Waals surface area contributed by atoms with Crippen molar-refractivity contribution in [3.8, 4) is 0 Å². The molecule has 1 aromatic carbocycles. The lowest BCUT2D eigenvalue weighted by molar-refractivity contribution is -0.118. The van der Waals surface area contributed by atoms with Gasteiger partial charge in [-0.2, -0.15) is 0 Å². The Balaban J connectivity index is 1.51. The minimum atomic E-state index is -0.0301. The van der Waals surface area contributed by atoms with Crippen LogP contribution in [0.3, 0.4) is 0 Å². The SMILES string of the molecule is O=C(CN1CCOCC1)Nc1ccc(Nc2ccccc2)nc1. The number of amides is 1. The van der Waals surface area contributed by atoms with Crippen molar-refractivity contribution in [2.45, 2.75) is 0 Å². The lowest BCUT2D eigenvalue weighted by Crippen LogP contribution is -2.41. The number of carbonyl (C=O) groups is 1. The lowest BCUT2D eigenvalue weighted by atomic mass is 10.3. The van der Waals surface area contributed by atoms with Gasteiger partial charge in [0.25, 0.3) is 0 Å². The van der Waals surface area contributed by atoms with Gasteiger partial charge < -0.3 is 15.4 Å². The average molecular weight is 312 g/mol. The van der Waals surface area contributed by atoms with E-state index in [1.807, 2.05) is 42.5 Å². The second-order valence-corrected chi connectivity index (χ2v) is 5.36. The second-order valence-electron chi connectivity index (χ2n) is 5.36. The van der Waals surface area contributed by atoms with Crippen LogP contribution in [0.1, 0.15) is 0 Å². The Morgan fingerprint density at radius 2 is 1.87 bits per heavy atom. The number of benzene rings is 1.